The number of anilines is 1. The van der Waals surface area contributed by atoms with Crippen molar-refractivity contribution in [2.45, 2.75) is 92.8 Å². The van der Waals surface area contributed by atoms with Gasteiger partial charge in [0.1, 0.15) is 11.4 Å². The van der Waals surface area contributed by atoms with E-state index >= 15 is 0 Å². The number of amides is 3. The summed E-state index contributed by atoms with van der Waals surface area (Å²) >= 11 is 0. The number of alkyl carbamates (subject to hydrolysis) is 1. The summed E-state index contributed by atoms with van der Waals surface area (Å²) < 4.78 is 7.13. The summed E-state index contributed by atoms with van der Waals surface area (Å²) in [6.07, 6.45) is 6.58. The molecule has 2 aromatic rings. The number of ether oxygens (including phenoxy) is 1. The van der Waals surface area contributed by atoms with Crippen LogP contribution in [0.15, 0.2) is 35.7 Å². The van der Waals surface area contributed by atoms with Crippen LogP contribution in [0.2, 0.25) is 0 Å². The van der Waals surface area contributed by atoms with Crippen molar-refractivity contribution in [1.29, 1.82) is 0 Å². The Kier molecular flexibility index (Phi) is 10.2. The quantitative estimate of drug-likeness (QED) is 0.322. The summed E-state index contributed by atoms with van der Waals surface area (Å²) in [7, 11) is 0. The van der Waals surface area contributed by atoms with E-state index in [9.17, 15) is 14.4 Å². The van der Waals surface area contributed by atoms with E-state index in [-0.39, 0.29) is 23.9 Å². The molecule has 0 spiro atoms. The number of fused-ring (bicyclic) bond motifs is 1. The number of allylic oxidation sites excluding steroid dienone is 2. The third-order valence-corrected chi connectivity index (χ3v) is 6.82. The second-order valence-corrected chi connectivity index (χ2v) is 11.3. The number of hydrogen-bond donors (Lipinski definition) is 2. The SMILES string of the molecule is CC=C(NC(C)=O)C(=CC)C(=O)N(CC)C(CCC)c1cc2nc(N3CC(NC(=O)OC(C)(C)C)C3)c(C)cn2n1. The molecule has 3 heterocycles. The predicted molar refractivity (Wildman–Crippen MR) is 159 cm³/mol. The van der Waals surface area contributed by atoms with Gasteiger partial charge >= 0.3 is 6.09 Å². The summed E-state index contributed by atoms with van der Waals surface area (Å²) in [4.78, 5) is 46.5. The van der Waals surface area contributed by atoms with Crippen LogP contribution in [0.25, 0.3) is 5.65 Å². The van der Waals surface area contributed by atoms with Crippen LogP contribution in [-0.4, -0.2) is 68.7 Å². The molecule has 0 saturated carbocycles. The first-order chi connectivity index (χ1) is 19.3. The van der Waals surface area contributed by atoms with Crippen molar-refractivity contribution in [3.8, 4) is 0 Å². The highest BCUT2D eigenvalue weighted by Gasteiger charge is 2.33. The highest BCUT2D eigenvalue weighted by Crippen LogP contribution is 2.30. The topological polar surface area (TPSA) is 121 Å². The number of nitrogens with one attached hydrogen (secondary N) is 2. The number of carbonyl (C=O) groups is 3. The van der Waals surface area contributed by atoms with E-state index in [1.807, 2.05) is 51.8 Å². The number of rotatable bonds is 10. The van der Waals surface area contributed by atoms with Crippen LogP contribution in [0, 0.1) is 6.92 Å². The Morgan fingerprint density at radius 3 is 2.41 bits per heavy atom. The molecule has 0 radical (unpaired) electrons. The maximum atomic E-state index is 13.8. The highest BCUT2D eigenvalue weighted by atomic mass is 16.6. The molecule has 1 unspecified atom stereocenters. The lowest BCUT2D eigenvalue weighted by Gasteiger charge is -2.41. The van der Waals surface area contributed by atoms with Gasteiger partial charge in [-0.25, -0.2) is 14.3 Å². The molecule has 1 aliphatic heterocycles. The molecule has 1 atom stereocenters. The molecule has 224 valence electrons. The maximum absolute atomic E-state index is 13.8. The molecule has 1 fully saturated rings. The lowest BCUT2D eigenvalue weighted by Crippen LogP contribution is -2.60. The summed E-state index contributed by atoms with van der Waals surface area (Å²) in [5.41, 5.74) is 2.80. The molecule has 3 rings (SSSR count). The zero-order chi connectivity index (χ0) is 30.5. The largest absolute Gasteiger partial charge is 0.444 e. The van der Waals surface area contributed by atoms with Gasteiger partial charge < -0.3 is 25.2 Å². The van der Waals surface area contributed by atoms with Gasteiger partial charge in [0.25, 0.3) is 5.91 Å². The van der Waals surface area contributed by atoms with E-state index in [1.165, 1.54) is 6.92 Å². The molecule has 11 heteroatoms. The van der Waals surface area contributed by atoms with Crippen LogP contribution in [0.4, 0.5) is 10.6 Å². The first-order valence-electron chi connectivity index (χ1n) is 14.3. The van der Waals surface area contributed by atoms with Crippen LogP contribution in [0.1, 0.15) is 85.5 Å². The molecule has 11 nitrogen and oxygen atoms in total. The first-order valence-corrected chi connectivity index (χ1v) is 14.3. The lowest BCUT2D eigenvalue weighted by molar-refractivity contribution is -0.129. The molecule has 3 amide bonds. The van der Waals surface area contributed by atoms with Gasteiger partial charge in [0.05, 0.1) is 23.4 Å². The zero-order valence-electron chi connectivity index (χ0n) is 25.9. The minimum absolute atomic E-state index is 0.0128. The van der Waals surface area contributed by atoms with Crippen molar-refractivity contribution < 1.29 is 19.1 Å². The fourth-order valence-electron chi connectivity index (χ4n) is 5.00. The third-order valence-electron chi connectivity index (χ3n) is 6.82. The van der Waals surface area contributed by atoms with Gasteiger partial charge in [-0.15, -0.1) is 0 Å². The minimum Gasteiger partial charge on any atom is -0.444 e. The Bertz CT molecular complexity index is 1330. The van der Waals surface area contributed by atoms with Crippen molar-refractivity contribution in [2.24, 2.45) is 0 Å². The molecule has 2 aromatic heterocycles. The molecule has 0 aromatic carbocycles. The van der Waals surface area contributed by atoms with Crippen LogP contribution in [0.3, 0.4) is 0 Å². The van der Waals surface area contributed by atoms with E-state index in [0.29, 0.717) is 36.6 Å². The Morgan fingerprint density at radius 1 is 1.20 bits per heavy atom. The molecule has 0 bridgehead atoms. The van der Waals surface area contributed by atoms with Crippen LogP contribution < -0.4 is 15.5 Å². The zero-order valence-corrected chi connectivity index (χ0v) is 25.9. The lowest BCUT2D eigenvalue weighted by atomic mass is 10.0. The van der Waals surface area contributed by atoms with Crippen molar-refractivity contribution in [3.05, 3.63) is 46.9 Å². The molecule has 2 N–H and O–H groups in total. The normalized spacial score (nSPS) is 15.4. The van der Waals surface area contributed by atoms with E-state index in [0.717, 1.165) is 29.9 Å². The summed E-state index contributed by atoms with van der Waals surface area (Å²) in [5.74, 6) is 0.442. The summed E-state index contributed by atoms with van der Waals surface area (Å²) in [6.45, 7) is 18.3. The molecule has 41 heavy (non-hydrogen) atoms. The average Bonchev–Trinajstić information content (AvgIpc) is 3.26. The van der Waals surface area contributed by atoms with Crippen molar-refractivity contribution in [3.63, 3.8) is 0 Å². The van der Waals surface area contributed by atoms with Crippen molar-refractivity contribution in [2.75, 3.05) is 24.5 Å². The van der Waals surface area contributed by atoms with Crippen LogP contribution in [0.5, 0.6) is 0 Å². The Balaban J connectivity index is 1.84. The van der Waals surface area contributed by atoms with Gasteiger partial charge in [0, 0.05) is 50.1 Å². The number of likely N-dealkylation sites (N-methyl/N-ethyl adjacent to an activating group) is 1. The molecular formula is C30H45N7O4. The number of hydrogen-bond acceptors (Lipinski definition) is 7. The van der Waals surface area contributed by atoms with Gasteiger partial charge in [0.15, 0.2) is 5.65 Å². The standard InChI is InChI=1S/C30H45N7O4/c1-10-14-25(36(13-4)28(39)22(11-2)23(12-3)31-20(6)38)24-15-26-33-27(19(5)16-37(26)34-24)35-17-21(18-35)32-29(40)41-30(7,8)9/h11-12,15-16,21,25H,10,13-14,17-18H2,1-9H3,(H,31,38)(H,32,40). The van der Waals surface area contributed by atoms with Gasteiger partial charge in [0.2, 0.25) is 5.91 Å². The molecule has 1 aliphatic rings. The smallest absolute Gasteiger partial charge is 0.407 e. The van der Waals surface area contributed by atoms with E-state index in [2.05, 4.69) is 22.5 Å². The third kappa shape index (κ3) is 7.65. The Morgan fingerprint density at radius 2 is 1.88 bits per heavy atom. The number of aryl methyl sites for hydroxylation is 1. The van der Waals surface area contributed by atoms with Crippen molar-refractivity contribution in [1.82, 2.24) is 30.1 Å². The number of nitrogens with zero attached hydrogens (tertiary/aromatic N) is 5. The highest BCUT2D eigenvalue weighted by molar-refractivity contribution is 5.99. The summed E-state index contributed by atoms with van der Waals surface area (Å²) in [5, 5.41) is 10.5. The average molecular weight is 568 g/mol. The molecule has 0 aliphatic carbocycles. The van der Waals surface area contributed by atoms with Crippen molar-refractivity contribution >= 4 is 29.4 Å². The van der Waals surface area contributed by atoms with Gasteiger partial charge in [-0.2, -0.15) is 5.10 Å². The second-order valence-electron chi connectivity index (χ2n) is 11.3. The molecular weight excluding hydrogens is 522 g/mol. The van der Waals surface area contributed by atoms with E-state index in [4.69, 9.17) is 14.8 Å². The van der Waals surface area contributed by atoms with E-state index < -0.39 is 11.7 Å². The number of aromatic nitrogens is 3. The van der Waals surface area contributed by atoms with Gasteiger partial charge in [-0.05, 0) is 54.9 Å². The minimum atomic E-state index is -0.543. The summed E-state index contributed by atoms with van der Waals surface area (Å²) in [6, 6.07) is 1.66. The van der Waals surface area contributed by atoms with Crippen LogP contribution in [-0.2, 0) is 14.3 Å². The maximum Gasteiger partial charge on any atom is 0.407 e. The van der Waals surface area contributed by atoms with Gasteiger partial charge in [-0.1, -0.05) is 25.5 Å². The fourth-order valence-corrected chi connectivity index (χ4v) is 5.00. The second kappa shape index (κ2) is 13.2. The van der Waals surface area contributed by atoms with Gasteiger partial charge in [-0.3, -0.25) is 9.59 Å². The monoisotopic (exact) mass is 567 g/mol. The fraction of sp³-hybridized carbons (Fsp3) is 0.567. The predicted octanol–water partition coefficient (Wildman–Crippen LogP) is 4.43. The Labute approximate surface area is 243 Å². The number of carbonyl (C=O) groups excluding carboxylic acids is 3. The first kappa shape index (κ1) is 31.6. The molecule has 1 saturated heterocycles. The van der Waals surface area contributed by atoms with Crippen LogP contribution >= 0.6 is 0 Å². The van der Waals surface area contributed by atoms with E-state index in [1.54, 1.807) is 30.5 Å². The Hall–Kier alpha value is -3.89.